The Balaban J connectivity index is 4.81. The van der Waals surface area contributed by atoms with E-state index in [2.05, 4.69) is 0 Å². The molecule has 0 heterocycles. The van der Waals surface area contributed by atoms with Crippen LogP contribution in [-0.2, 0) is 19.5 Å². The minimum Gasteiger partial charge on any atom is -0.392 e. The third-order valence-electron chi connectivity index (χ3n) is 2.30. The molecule has 0 aliphatic heterocycles. The highest BCUT2D eigenvalue weighted by atomic mass is 32.2. The van der Waals surface area contributed by atoms with Crippen molar-refractivity contribution in [1.29, 1.82) is 0 Å². The number of rotatable bonds is 9. The Morgan fingerprint density at radius 2 is 1.71 bits per heavy atom. The van der Waals surface area contributed by atoms with Crippen molar-refractivity contribution in [3.8, 4) is 0 Å². The second-order valence-corrected chi connectivity index (χ2v) is 6.20. The summed E-state index contributed by atoms with van der Waals surface area (Å²) in [6.45, 7) is 2.62. The molecule has 0 fully saturated rings. The molecule has 0 amide bonds. The summed E-state index contributed by atoms with van der Waals surface area (Å²) in [6, 6.07) is 0. The van der Waals surface area contributed by atoms with E-state index in [0.717, 1.165) is 0 Å². The van der Waals surface area contributed by atoms with Gasteiger partial charge in [0, 0.05) is 27.3 Å². The zero-order chi connectivity index (χ0) is 13.5. The molecule has 0 aromatic rings. The first-order valence-corrected chi connectivity index (χ1v) is 7.05. The zero-order valence-electron chi connectivity index (χ0n) is 10.4. The predicted molar refractivity (Wildman–Crippen MR) is 70.5 cm³/mol. The van der Waals surface area contributed by atoms with E-state index in [9.17, 15) is 8.42 Å². The van der Waals surface area contributed by atoms with E-state index in [1.165, 1.54) is 25.4 Å². The molecule has 8 heteroatoms. The van der Waals surface area contributed by atoms with E-state index in [4.69, 9.17) is 27.4 Å². The van der Waals surface area contributed by atoms with Gasteiger partial charge in [0.15, 0.2) is 0 Å². The number of methoxy groups -OCH3 is 2. The van der Waals surface area contributed by atoms with Crippen molar-refractivity contribution in [3.63, 3.8) is 0 Å². The Morgan fingerprint density at radius 1 is 1.29 bits per heavy atom. The minimum absolute atomic E-state index is 0.0372. The molecule has 0 aliphatic carbocycles. The van der Waals surface area contributed by atoms with Crippen LogP contribution < -0.4 is 5.73 Å². The van der Waals surface area contributed by atoms with Crippen molar-refractivity contribution >= 4 is 27.2 Å². The maximum atomic E-state index is 12.1. The Hall–Kier alpha value is -0.280. The lowest BCUT2D eigenvalue weighted by Gasteiger charge is -2.24. The van der Waals surface area contributed by atoms with Gasteiger partial charge in [-0.3, -0.25) is 0 Å². The Kier molecular flexibility index (Phi) is 7.80. The average molecular weight is 284 g/mol. The molecule has 0 saturated heterocycles. The van der Waals surface area contributed by atoms with Gasteiger partial charge in [-0.05, 0) is 6.92 Å². The van der Waals surface area contributed by atoms with Gasteiger partial charge in [0.2, 0.25) is 10.0 Å². The Bertz CT molecular complexity index is 324. The normalized spacial score (nSPS) is 13.9. The molecule has 0 rings (SSSR count). The van der Waals surface area contributed by atoms with E-state index in [1.54, 1.807) is 0 Å². The van der Waals surface area contributed by atoms with Crippen LogP contribution in [0.2, 0.25) is 0 Å². The van der Waals surface area contributed by atoms with Crippen LogP contribution in [-0.4, -0.2) is 63.5 Å². The Morgan fingerprint density at radius 3 is 2.00 bits per heavy atom. The molecule has 0 aromatic heterocycles. The lowest BCUT2D eigenvalue weighted by atomic mass is 10.5. The summed E-state index contributed by atoms with van der Waals surface area (Å²) in [5, 5.41) is -0.883. The summed E-state index contributed by atoms with van der Waals surface area (Å²) in [4.78, 5) is -0.0372. The van der Waals surface area contributed by atoms with Gasteiger partial charge in [0.25, 0.3) is 0 Å². The van der Waals surface area contributed by atoms with Gasteiger partial charge in [0.05, 0.1) is 18.2 Å². The van der Waals surface area contributed by atoms with Crippen molar-refractivity contribution in [1.82, 2.24) is 4.31 Å². The highest BCUT2D eigenvalue weighted by Crippen LogP contribution is 2.09. The molecular weight excluding hydrogens is 264 g/mol. The number of sulfonamides is 1. The number of nitrogens with two attached hydrogens (primary N) is 1. The third-order valence-corrected chi connectivity index (χ3v) is 5.03. The number of thiocarbonyl (C=S) groups is 1. The van der Waals surface area contributed by atoms with Gasteiger partial charge in [-0.1, -0.05) is 12.2 Å². The smallest absolute Gasteiger partial charge is 0.223 e. The van der Waals surface area contributed by atoms with Crippen LogP contribution in [0.15, 0.2) is 0 Å². The van der Waals surface area contributed by atoms with Gasteiger partial charge in [-0.25, -0.2) is 8.42 Å². The lowest BCUT2D eigenvalue weighted by Crippen LogP contribution is -2.45. The van der Waals surface area contributed by atoms with Crippen LogP contribution in [0.25, 0.3) is 0 Å². The van der Waals surface area contributed by atoms with Gasteiger partial charge >= 0.3 is 0 Å². The van der Waals surface area contributed by atoms with Crippen LogP contribution in [0.5, 0.6) is 0 Å². The average Bonchev–Trinajstić information content (AvgIpc) is 2.27. The Labute approximate surface area is 108 Å². The molecule has 1 unspecified atom stereocenters. The van der Waals surface area contributed by atoms with Crippen LogP contribution in [0.1, 0.15) is 6.92 Å². The van der Waals surface area contributed by atoms with Crippen molar-refractivity contribution in [2.75, 3.05) is 40.5 Å². The van der Waals surface area contributed by atoms with E-state index < -0.39 is 15.3 Å². The molecule has 6 nitrogen and oxygen atoms in total. The summed E-state index contributed by atoms with van der Waals surface area (Å²) in [6.07, 6.45) is 0. The molecular formula is C9H20N2O4S2. The van der Waals surface area contributed by atoms with Crippen LogP contribution in [0.4, 0.5) is 0 Å². The predicted octanol–water partition coefficient (Wildman–Crippen LogP) is -0.414. The SMILES string of the molecule is COCCN(CCOC)S(=O)(=O)C(C)C(N)=S. The number of ether oxygens (including phenoxy) is 2. The summed E-state index contributed by atoms with van der Waals surface area (Å²) in [5.41, 5.74) is 5.38. The monoisotopic (exact) mass is 284 g/mol. The van der Waals surface area contributed by atoms with Crippen LogP contribution in [0, 0.1) is 0 Å². The van der Waals surface area contributed by atoms with E-state index in [1.807, 2.05) is 0 Å². The van der Waals surface area contributed by atoms with Crippen LogP contribution >= 0.6 is 12.2 Å². The topological polar surface area (TPSA) is 81.9 Å². The number of hydrogen-bond acceptors (Lipinski definition) is 5. The van der Waals surface area contributed by atoms with Gasteiger partial charge in [-0.15, -0.1) is 0 Å². The lowest BCUT2D eigenvalue weighted by molar-refractivity contribution is 0.150. The highest BCUT2D eigenvalue weighted by molar-refractivity contribution is 7.92. The quantitative estimate of drug-likeness (QED) is 0.579. The van der Waals surface area contributed by atoms with Gasteiger partial charge < -0.3 is 15.2 Å². The van der Waals surface area contributed by atoms with Crippen molar-refractivity contribution < 1.29 is 17.9 Å². The molecule has 1 atom stereocenters. The molecule has 102 valence electrons. The van der Waals surface area contributed by atoms with Gasteiger partial charge in [-0.2, -0.15) is 4.31 Å². The van der Waals surface area contributed by atoms with Crippen molar-refractivity contribution in [2.45, 2.75) is 12.2 Å². The summed E-state index contributed by atoms with van der Waals surface area (Å²) in [7, 11) is -0.514. The first kappa shape index (κ1) is 16.7. The van der Waals surface area contributed by atoms with Gasteiger partial charge in [0.1, 0.15) is 5.25 Å². The van der Waals surface area contributed by atoms with Crippen molar-refractivity contribution in [2.24, 2.45) is 5.73 Å². The molecule has 0 spiro atoms. The summed E-state index contributed by atoms with van der Waals surface area (Å²) < 4.78 is 35.3. The van der Waals surface area contributed by atoms with E-state index in [-0.39, 0.29) is 18.1 Å². The zero-order valence-corrected chi connectivity index (χ0v) is 12.0. The standard InChI is InChI=1S/C9H20N2O4S2/c1-8(9(10)16)17(12,13)11(4-6-14-2)5-7-15-3/h8H,4-7H2,1-3H3,(H2,10,16). The molecule has 17 heavy (non-hydrogen) atoms. The maximum absolute atomic E-state index is 12.1. The molecule has 0 radical (unpaired) electrons. The fourth-order valence-corrected chi connectivity index (χ4v) is 2.89. The molecule has 0 bridgehead atoms. The summed E-state index contributed by atoms with van der Waals surface area (Å²) >= 11 is 4.72. The van der Waals surface area contributed by atoms with Crippen molar-refractivity contribution in [3.05, 3.63) is 0 Å². The molecule has 0 aromatic carbocycles. The minimum atomic E-state index is -3.54. The molecule has 0 aliphatic rings. The first-order valence-electron chi connectivity index (χ1n) is 5.14. The number of nitrogens with zero attached hydrogens (tertiary/aromatic N) is 1. The largest absolute Gasteiger partial charge is 0.392 e. The first-order chi connectivity index (χ1) is 7.87. The van der Waals surface area contributed by atoms with Crippen LogP contribution in [0.3, 0.4) is 0 Å². The fraction of sp³-hybridized carbons (Fsp3) is 0.889. The van der Waals surface area contributed by atoms with E-state index >= 15 is 0 Å². The fourth-order valence-electron chi connectivity index (χ4n) is 1.12. The second-order valence-electron chi connectivity index (χ2n) is 3.47. The summed E-state index contributed by atoms with van der Waals surface area (Å²) in [5.74, 6) is 0. The maximum Gasteiger partial charge on any atom is 0.223 e. The highest BCUT2D eigenvalue weighted by Gasteiger charge is 2.30. The number of hydrogen-bond donors (Lipinski definition) is 1. The third kappa shape index (κ3) is 5.26. The molecule has 0 saturated carbocycles. The second kappa shape index (κ2) is 7.93. The van der Waals surface area contributed by atoms with E-state index in [0.29, 0.717) is 13.2 Å². The molecule has 2 N–H and O–H groups in total.